The van der Waals surface area contributed by atoms with Gasteiger partial charge in [-0.2, -0.15) is 0 Å². The van der Waals surface area contributed by atoms with Crippen molar-refractivity contribution in [2.75, 3.05) is 44.7 Å². The second kappa shape index (κ2) is 9.18. The fourth-order valence-electron chi connectivity index (χ4n) is 3.08. The Labute approximate surface area is 169 Å². The molecule has 1 aromatic carbocycles. The van der Waals surface area contributed by atoms with Crippen LogP contribution in [0.4, 0.5) is 10.5 Å². The molecule has 152 valence electrons. The average Bonchev–Trinajstić information content (AvgIpc) is 2.78. The molecule has 1 aliphatic heterocycles. The average molecular weight is 396 g/mol. The van der Waals surface area contributed by atoms with Gasteiger partial charge in [0.05, 0.1) is 6.61 Å². The number of piperazine rings is 1. The summed E-state index contributed by atoms with van der Waals surface area (Å²) >= 11 is 0. The molecule has 0 unspecified atom stereocenters. The van der Waals surface area contributed by atoms with Crippen molar-refractivity contribution in [3.63, 3.8) is 0 Å². The van der Waals surface area contributed by atoms with Crippen molar-refractivity contribution >= 4 is 23.6 Å². The first-order valence-electron chi connectivity index (χ1n) is 9.52. The summed E-state index contributed by atoms with van der Waals surface area (Å²) in [7, 11) is 1.67. The number of hydrogen-bond acceptors (Lipinski definition) is 5. The Kier molecular flexibility index (Phi) is 6.43. The van der Waals surface area contributed by atoms with Crippen LogP contribution in [0.15, 0.2) is 48.5 Å². The third kappa shape index (κ3) is 4.71. The quantitative estimate of drug-likeness (QED) is 0.792. The minimum Gasteiger partial charge on any atom is -0.450 e. The highest BCUT2D eigenvalue weighted by Crippen LogP contribution is 2.15. The summed E-state index contributed by atoms with van der Waals surface area (Å²) < 4.78 is 4.99. The van der Waals surface area contributed by atoms with Crippen LogP contribution in [0.3, 0.4) is 0 Å². The second-order valence-electron chi connectivity index (χ2n) is 6.59. The molecule has 0 atom stereocenters. The lowest BCUT2D eigenvalue weighted by Gasteiger charge is -2.33. The highest BCUT2D eigenvalue weighted by atomic mass is 16.6. The Morgan fingerprint density at radius 2 is 1.55 bits per heavy atom. The Morgan fingerprint density at radius 1 is 0.931 bits per heavy atom. The molecule has 8 nitrogen and oxygen atoms in total. The van der Waals surface area contributed by atoms with Crippen LogP contribution in [-0.2, 0) is 4.74 Å². The molecule has 2 aromatic rings. The topological polar surface area (TPSA) is 83.0 Å². The zero-order valence-electron chi connectivity index (χ0n) is 16.6. The Balaban J connectivity index is 1.67. The van der Waals surface area contributed by atoms with Gasteiger partial charge >= 0.3 is 6.09 Å². The first-order valence-corrected chi connectivity index (χ1v) is 9.52. The third-order valence-corrected chi connectivity index (χ3v) is 4.73. The number of anilines is 1. The van der Waals surface area contributed by atoms with Crippen molar-refractivity contribution in [1.29, 1.82) is 0 Å². The molecular weight excluding hydrogens is 372 g/mol. The molecule has 1 aliphatic rings. The van der Waals surface area contributed by atoms with E-state index in [1.807, 2.05) is 30.3 Å². The van der Waals surface area contributed by atoms with Crippen LogP contribution < -0.4 is 4.90 Å². The lowest BCUT2D eigenvalue weighted by Crippen LogP contribution is -2.50. The number of ether oxygens (including phenoxy) is 1. The molecule has 0 spiro atoms. The third-order valence-electron chi connectivity index (χ3n) is 4.73. The maximum atomic E-state index is 12.8. The van der Waals surface area contributed by atoms with Crippen LogP contribution >= 0.6 is 0 Å². The van der Waals surface area contributed by atoms with Gasteiger partial charge in [-0.1, -0.05) is 24.3 Å². The maximum Gasteiger partial charge on any atom is 0.409 e. The van der Waals surface area contributed by atoms with Crippen molar-refractivity contribution < 1.29 is 19.1 Å². The molecule has 3 rings (SSSR count). The summed E-state index contributed by atoms with van der Waals surface area (Å²) in [6.45, 7) is 3.66. The molecule has 29 heavy (non-hydrogen) atoms. The van der Waals surface area contributed by atoms with Gasteiger partial charge in [-0.05, 0) is 31.2 Å². The molecule has 8 heteroatoms. The number of hydrogen-bond donors (Lipinski definition) is 0. The largest absolute Gasteiger partial charge is 0.450 e. The van der Waals surface area contributed by atoms with Gasteiger partial charge in [0.25, 0.3) is 11.8 Å². The maximum absolute atomic E-state index is 12.8. The summed E-state index contributed by atoms with van der Waals surface area (Å²) in [5.41, 5.74) is 1.15. The number of carbonyl (C=O) groups excluding carboxylic acids is 3. The lowest BCUT2D eigenvalue weighted by molar-refractivity contribution is 0.0566. The number of pyridine rings is 1. The molecule has 0 saturated carbocycles. The number of nitrogens with zero attached hydrogens (tertiary/aromatic N) is 4. The summed E-state index contributed by atoms with van der Waals surface area (Å²) in [5.74, 6) is -0.552. The van der Waals surface area contributed by atoms with Crippen molar-refractivity contribution in [2.24, 2.45) is 0 Å². The van der Waals surface area contributed by atoms with E-state index in [1.54, 1.807) is 42.0 Å². The van der Waals surface area contributed by atoms with Crippen LogP contribution in [0.25, 0.3) is 0 Å². The van der Waals surface area contributed by atoms with Gasteiger partial charge in [0.1, 0.15) is 11.4 Å². The van der Waals surface area contributed by atoms with Gasteiger partial charge in [-0.3, -0.25) is 9.59 Å². The van der Waals surface area contributed by atoms with Crippen LogP contribution in [0.1, 0.15) is 27.9 Å². The van der Waals surface area contributed by atoms with E-state index in [0.29, 0.717) is 32.8 Å². The predicted octanol–water partition coefficient (Wildman–Crippen LogP) is 2.27. The second-order valence-corrected chi connectivity index (χ2v) is 6.59. The van der Waals surface area contributed by atoms with Gasteiger partial charge in [0, 0.05) is 38.9 Å². The van der Waals surface area contributed by atoms with Crippen LogP contribution in [-0.4, -0.2) is 72.5 Å². The Hall–Kier alpha value is -3.42. The molecular formula is C21H24N4O4. The minimum absolute atomic E-state index is 0.201. The Bertz CT molecular complexity index is 879. The van der Waals surface area contributed by atoms with Crippen LogP contribution in [0, 0.1) is 0 Å². The zero-order valence-corrected chi connectivity index (χ0v) is 16.6. The molecule has 1 fully saturated rings. The molecule has 0 aliphatic carbocycles. The zero-order chi connectivity index (χ0) is 20.8. The molecule has 0 radical (unpaired) electrons. The van der Waals surface area contributed by atoms with Gasteiger partial charge < -0.3 is 19.4 Å². The van der Waals surface area contributed by atoms with E-state index < -0.39 is 0 Å². The van der Waals surface area contributed by atoms with Gasteiger partial charge in [-0.15, -0.1) is 0 Å². The van der Waals surface area contributed by atoms with Crippen LogP contribution in [0.5, 0.6) is 0 Å². The van der Waals surface area contributed by atoms with Crippen molar-refractivity contribution in [3.05, 3.63) is 59.9 Å². The summed E-state index contributed by atoms with van der Waals surface area (Å²) in [4.78, 5) is 46.4. The van der Waals surface area contributed by atoms with Crippen molar-refractivity contribution in [2.45, 2.75) is 6.92 Å². The van der Waals surface area contributed by atoms with E-state index in [9.17, 15) is 14.4 Å². The van der Waals surface area contributed by atoms with E-state index >= 15 is 0 Å². The highest BCUT2D eigenvalue weighted by Gasteiger charge is 2.26. The summed E-state index contributed by atoms with van der Waals surface area (Å²) in [6, 6.07) is 14.1. The number of para-hydroxylation sites is 1. The Morgan fingerprint density at radius 3 is 2.21 bits per heavy atom. The predicted molar refractivity (Wildman–Crippen MR) is 108 cm³/mol. The molecule has 1 saturated heterocycles. The van der Waals surface area contributed by atoms with Crippen LogP contribution in [0.2, 0.25) is 0 Å². The molecule has 1 aromatic heterocycles. The first kappa shape index (κ1) is 20.3. The fourth-order valence-corrected chi connectivity index (χ4v) is 3.08. The fraction of sp³-hybridized carbons (Fsp3) is 0.333. The van der Waals surface area contributed by atoms with E-state index in [1.165, 1.54) is 4.90 Å². The monoisotopic (exact) mass is 396 g/mol. The number of rotatable bonds is 4. The standard InChI is InChI=1S/C21H24N4O4/c1-3-29-21(28)25-14-12-24(13-15-25)20(27)18-11-7-10-17(22-18)19(26)23(2)16-8-5-4-6-9-16/h4-11H,3,12-15H2,1-2H3. The molecule has 0 bridgehead atoms. The number of amides is 3. The minimum atomic E-state index is -0.366. The van der Waals surface area contributed by atoms with E-state index in [-0.39, 0.29) is 29.3 Å². The summed E-state index contributed by atoms with van der Waals surface area (Å²) in [6.07, 6.45) is -0.366. The molecule has 3 amide bonds. The first-order chi connectivity index (χ1) is 14.0. The van der Waals surface area contributed by atoms with E-state index in [4.69, 9.17) is 4.74 Å². The van der Waals surface area contributed by atoms with Gasteiger partial charge in [-0.25, -0.2) is 9.78 Å². The number of carbonyl (C=O) groups is 3. The van der Waals surface area contributed by atoms with Crippen molar-refractivity contribution in [1.82, 2.24) is 14.8 Å². The number of aromatic nitrogens is 1. The van der Waals surface area contributed by atoms with Crippen molar-refractivity contribution in [3.8, 4) is 0 Å². The molecule has 0 N–H and O–H groups in total. The SMILES string of the molecule is CCOC(=O)N1CCN(C(=O)c2cccc(C(=O)N(C)c3ccccc3)n2)CC1. The highest BCUT2D eigenvalue weighted by molar-refractivity contribution is 6.05. The number of benzene rings is 1. The summed E-state index contributed by atoms with van der Waals surface area (Å²) in [5, 5.41) is 0. The normalized spacial score (nSPS) is 13.7. The van der Waals surface area contributed by atoms with E-state index in [0.717, 1.165) is 5.69 Å². The van der Waals surface area contributed by atoms with Gasteiger partial charge in [0.2, 0.25) is 0 Å². The van der Waals surface area contributed by atoms with E-state index in [2.05, 4.69) is 4.98 Å². The van der Waals surface area contributed by atoms with Gasteiger partial charge in [0.15, 0.2) is 0 Å². The molecule has 2 heterocycles. The lowest BCUT2D eigenvalue weighted by atomic mass is 10.2. The smallest absolute Gasteiger partial charge is 0.409 e.